The van der Waals surface area contributed by atoms with Gasteiger partial charge in [-0.15, -0.1) is 0 Å². The number of carbonyl (C=O) groups excluding carboxylic acids is 1. The Balaban J connectivity index is 2.02. The molecule has 0 bridgehead atoms. The van der Waals surface area contributed by atoms with Gasteiger partial charge < -0.3 is 14.8 Å². The molecular weight excluding hydrogens is 376 g/mol. The summed E-state index contributed by atoms with van der Waals surface area (Å²) in [6.07, 6.45) is 1.27. The Hall–Kier alpha value is -3.33. The maximum Gasteiger partial charge on any atom is 0.329 e. The second kappa shape index (κ2) is 7.12. The number of hydrogen-bond acceptors (Lipinski definition) is 6. The molecule has 3 rings (SSSR count). The van der Waals surface area contributed by atoms with E-state index < -0.39 is 17.2 Å². The van der Waals surface area contributed by atoms with Crippen LogP contribution in [0.5, 0.6) is 11.5 Å². The number of fused-ring (bicyclic) bond motifs is 1. The van der Waals surface area contributed by atoms with Crippen LogP contribution in [0.3, 0.4) is 0 Å². The zero-order valence-electron chi connectivity index (χ0n) is 14.6. The number of aromatic nitrogens is 3. The highest BCUT2D eigenvalue weighted by atomic mass is 35.5. The number of benzene rings is 1. The van der Waals surface area contributed by atoms with Gasteiger partial charge in [-0.05, 0) is 6.07 Å². The van der Waals surface area contributed by atoms with Crippen molar-refractivity contribution >= 4 is 34.2 Å². The summed E-state index contributed by atoms with van der Waals surface area (Å²) in [5.74, 6) is 0.166. The molecule has 2 aromatic heterocycles. The van der Waals surface area contributed by atoms with E-state index in [0.29, 0.717) is 22.2 Å². The molecule has 0 aliphatic rings. The molecule has 0 radical (unpaired) electrons. The monoisotopic (exact) mass is 390 g/mol. The Morgan fingerprint density at radius 2 is 1.89 bits per heavy atom. The van der Waals surface area contributed by atoms with E-state index in [1.54, 1.807) is 0 Å². The van der Waals surface area contributed by atoms with Gasteiger partial charge in [0.1, 0.15) is 17.1 Å². The number of carbonyl (C=O) groups is 1. The second-order valence-corrected chi connectivity index (χ2v) is 5.96. The SMILES string of the molecule is COc1cc(NC(=O)c2cnc3c(c2)c(=O)[nH]c(=O)n3C)c(OC)cc1Cl. The van der Waals surface area contributed by atoms with Crippen LogP contribution in [-0.2, 0) is 7.05 Å². The largest absolute Gasteiger partial charge is 0.495 e. The van der Waals surface area contributed by atoms with Crippen LogP contribution >= 0.6 is 11.6 Å². The van der Waals surface area contributed by atoms with Crippen LogP contribution < -0.4 is 26.0 Å². The van der Waals surface area contributed by atoms with Gasteiger partial charge in [0.05, 0.1) is 35.9 Å². The van der Waals surface area contributed by atoms with E-state index in [1.807, 2.05) is 0 Å². The number of anilines is 1. The summed E-state index contributed by atoms with van der Waals surface area (Å²) < 4.78 is 11.5. The quantitative estimate of drug-likeness (QED) is 0.698. The first kappa shape index (κ1) is 18.5. The molecule has 0 atom stereocenters. The minimum Gasteiger partial charge on any atom is -0.495 e. The van der Waals surface area contributed by atoms with Crippen molar-refractivity contribution in [2.45, 2.75) is 0 Å². The number of ether oxygens (including phenoxy) is 2. The molecule has 0 unspecified atom stereocenters. The van der Waals surface area contributed by atoms with Crippen molar-refractivity contribution in [1.29, 1.82) is 0 Å². The topological polar surface area (TPSA) is 115 Å². The molecule has 0 aliphatic heterocycles. The summed E-state index contributed by atoms with van der Waals surface area (Å²) in [4.78, 5) is 42.5. The van der Waals surface area contributed by atoms with Crippen LogP contribution in [-0.4, -0.2) is 34.7 Å². The first-order valence-corrected chi connectivity index (χ1v) is 8.05. The van der Waals surface area contributed by atoms with Gasteiger partial charge in [0.25, 0.3) is 11.5 Å². The van der Waals surface area contributed by atoms with Gasteiger partial charge in [0.2, 0.25) is 0 Å². The van der Waals surface area contributed by atoms with Crippen LogP contribution in [0.15, 0.2) is 34.0 Å². The molecule has 1 amide bonds. The molecule has 0 spiro atoms. The van der Waals surface area contributed by atoms with Crippen molar-refractivity contribution in [2.24, 2.45) is 7.05 Å². The molecular formula is C17H15ClN4O5. The number of methoxy groups -OCH3 is 2. The summed E-state index contributed by atoms with van der Waals surface area (Å²) in [5.41, 5.74) is -0.580. The second-order valence-electron chi connectivity index (χ2n) is 5.55. The van der Waals surface area contributed by atoms with Crippen molar-refractivity contribution in [3.05, 3.63) is 55.8 Å². The van der Waals surface area contributed by atoms with Crippen molar-refractivity contribution in [1.82, 2.24) is 14.5 Å². The van der Waals surface area contributed by atoms with Gasteiger partial charge in [-0.2, -0.15) is 0 Å². The van der Waals surface area contributed by atoms with Gasteiger partial charge in [-0.25, -0.2) is 9.78 Å². The number of H-pyrrole nitrogens is 1. The zero-order chi connectivity index (χ0) is 19.7. The Kier molecular flexibility index (Phi) is 4.87. The third-order valence-corrected chi connectivity index (χ3v) is 4.23. The standard InChI is InChI=1S/C17H15ClN4O5/c1-22-14-9(16(24)21-17(22)25)4-8(7-19-14)15(23)20-11-6-12(26-2)10(18)5-13(11)27-3/h4-7H,1-3H3,(H,20,23)(H,21,24,25). The number of halogens is 1. The third-order valence-electron chi connectivity index (χ3n) is 3.94. The van der Waals surface area contributed by atoms with Crippen LogP contribution in [0.25, 0.3) is 11.0 Å². The van der Waals surface area contributed by atoms with Gasteiger partial charge in [0.15, 0.2) is 0 Å². The lowest BCUT2D eigenvalue weighted by molar-refractivity contribution is 0.102. The lowest BCUT2D eigenvalue weighted by atomic mass is 10.2. The molecule has 2 heterocycles. The van der Waals surface area contributed by atoms with Gasteiger partial charge >= 0.3 is 5.69 Å². The van der Waals surface area contributed by atoms with Crippen molar-refractivity contribution in [2.75, 3.05) is 19.5 Å². The van der Waals surface area contributed by atoms with Crippen LogP contribution in [0.1, 0.15) is 10.4 Å². The molecule has 10 heteroatoms. The van der Waals surface area contributed by atoms with Crippen LogP contribution in [0.4, 0.5) is 5.69 Å². The molecule has 0 aliphatic carbocycles. The Bertz CT molecular complexity index is 1170. The number of nitrogens with zero attached hydrogens (tertiary/aromatic N) is 2. The van der Waals surface area contributed by atoms with Gasteiger partial charge in [-0.1, -0.05) is 11.6 Å². The van der Waals surface area contributed by atoms with E-state index in [1.165, 1.54) is 50.2 Å². The lowest BCUT2D eigenvalue weighted by Gasteiger charge is -2.13. The third kappa shape index (κ3) is 3.36. The van der Waals surface area contributed by atoms with Gasteiger partial charge in [-0.3, -0.25) is 19.1 Å². The number of rotatable bonds is 4. The molecule has 2 N–H and O–H groups in total. The minimum absolute atomic E-state index is 0.116. The van der Waals surface area contributed by atoms with E-state index in [0.717, 1.165) is 0 Å². The molecule has 27 heavy (non-hydrogen) atoms. The predicted molar refractivity (Wildman–Crippen MR) is 100 cm³/mol. The molecule has 0 saturated carbocycles. The number of hydrogen-bond donors (Lipinski definition) is 2. The number of aryl methyl sites for hydroxylation is 1. The number of aromatic amines is 1. The summed E-state index contributed by atoms with van der Waals surface area (Å²) in [7, 11) is 4.35. The van der Waals surface area contributed by atoms with E-state index >= 15 is 0 Å². The number of amides is 1. The lowest BCUT2D eigenvalue weighted by Crippen LogP contribution is -2.29. The highest BCUT2D eigenvalue weighted by Gasteiger charge is 2.16. The Morgan fingerprint density at radius 1 is 1.19 bits per heavy atom. The summed E-state index contributed by atoms with van der Waals surface area (Å²) in [6, 6.07) is 4.38. The minimum atomic E-state index is -0.624. The average molecular weight is 391 g/mol. The van der Waals surface area contributed by atoms with Crippen LogP contribution in [0, 0.1) is 0 Å². The normalized spacial score (nSPS) is 10.7. The predicted octanol–water partition coefficient (Wildman–Crippen LogP) is 1.54. The smallest absolute Gasteiger partial charge is 0.329 e. The fourth-order valence-corrected chi connectivity index (χ4v) is 2.74. The van der Waals surface area contributed by atoms with E-state index in [2.05, 4.69) is 15.3 Å². The Labute approximate surface area is 157 Å². The average Bonchev–Trinajstić information content (AvgIpc) is 2.66. The maximum absolute atomic E-state index is 12.6. The van der Waals surface area contributed by atoms with Crippen molar-refractivity contribution in [3.63, 3.8) is 0 Å². The first-order valence-electron chi connectivity index (χ1n) is 7.67. The summed E-state index contributed by atoms with van der Waals surface area (Å²) >= 11 is 6.05. The van der Waals surface area contributed by atoms with E-state index in [-0.39, 0.29) is 16.6 Å². The van der Waals surface area contributed by atoms with Crippen LogP contribution in [0.2, 0.25) is 5.02 Å². The Morgan fingerprint density at radius 3 is 2.56 bits per heavy atom. The summed E-state index contributed by atoms with van der Waals surface area (Å²) in [6.45, 7) is 0. The first-order chi connectivity index (χ1) is 12.8. The molecule has 9 nitrogen and oxygen atoms in total. The zero-order valence-corrected chi connectivity index (χ0v) is 15.4. The number of pyridine rings is 1. The molecule has 140 valence electrons. The van der Waals surface area contributed by atoms with Crippen molar-refractivity contribution in [3.8, 4) is 11.5 Å². The molecule has 1 aromatic carbocycles. The fourth-order valence-electron chi connectivity index (χ4n) is 2.51. The molecule has 3 aromatic rings. The van der Waals surface area contributed by atoms with E-state index in [4.69, 9.17) is 21.1 Å². The molecule has 0 saturated heterocycles. The maximum atomic E-state index is 12.6. The van der Waals surface area contributed by atoms with Gasteiger partial charge in [0, 0.05) is 25.4 Å². The van der Waals surface area contributed by atoms with E-state index in [9.17, 15) is 14.4 Å². The highest BCUT2D eigenvalue weighted by molar-refractivity contribution is 6.32. The molecule has 0 fully saturated rings. The number of nitrogens with one attached hydrogen (secondary N) is 2. The highest BCUT2D eigenvalue weighted by Crippen LogP contribution is 2.36. The fraction of sp³-hybridized carbons (Fsp3) is 0.176. The summed E-state index contributed by atoms with van der Waals surface area (Å²) in [5, 5.41) is 3.11. The van der Waals surface area contributed by atoms with Crippen molar-refractivity contribution < 1.29 is 14.3 Å².